The number of thiazole rings is 1. The fraction of sp³-hybridized carbons (Fsp3) is 0.632. The Bertz CT molecular complexity index is 542. The molecule has 0 saturated heterocycles. The number of nitrogens with zero attached hydrogens (tertiary/aromatic N) is 1. The van der Waals surface area contributed by atoms with E-state index in [9.17, 15) is 0 Å². The second-order valence-corrected chi connectivity index (χ2v) is 20.1. The summed E-state index contributed by atoms with van der Waals surface area (Å²) in [4.78, 5) is 0. The van der Waals surface area contributed by atoms with Crippen LogP contribution in [0.15, 0.2) is 29.8 Å². The van der Waals surface area contributed by atoms with Crippen molar-refractivity contribution >= 4 is 40.2 Å². The van der Waals surface area contributed by atoms with Crippen LogP contribution in [0.1, 0.15) is 59.3 Å². The number of hydrogen-bond acceptors (Lipinski definition) is 1. The van der Waals surface area contributed by atoms with Crippen molar-refractivity contribution in [1.29, 1.82) is 0 Å². The van der Waals surface area contributed by atoms with Gasteiger partial charge in [0.2, 0.25) is 0 Å². The van der Waals surface area contributed by atoms with Crippen LogP contribution in [-0.2, 0) is 0 Å². The molecular weight excluding hydrogens is 393 g/mol. The molecule has 1 nitrogen and oxygen atoms in total. The molecule has 1 aromatic heterocycles. The molecule has 0 unspecified atom stereocenters. The standard InChI is InChI=1S/C7H5NS.3C4H9.Sn/c1-2-4-7-6(3-1)8-5-9-7;3*1-3-4-2;/h1-5H;3*1,3-4H2,2H3;/q;;;;+1. The van der Waals surface area contributed by atoms with E-state index in [-0.39, 0.29) is 0 Å². The maximum atomic E-state index is 2.86. The third-order valence-corrected chi connectivity index (χ3v) is 21.3. The van der Waals surface area contributed by atoms with Gasteiger partial charge in [-0.1, -0.05) is 0 Å². The van der Waals surface area contributed by atoms with Crippen molar-refractivity contribution in [2.45, 2.75) is 72.6 Å². The van der Waals surface area contributed by atoms with E-state index >= 15 is 0 Å². The van der Waals surface area contributed by atoms with Gasteiger partial charge in [-0.25, -0.2) is 0 Å². The van der Waals surface area contributed by atoms with Crippen molar-refractivity contribution in [1.82, 2.24) is 0 Å². The zero-order valence-corrected chi connectivity index (χ0v) is 18.3. The van der Waals surface area contributed by atoms with E-state index in [1.807, 2.05) is 11.3 Å². The second kappa shape index (κ2) is 9.26. The number of aromatic nitrogens is 1. The Balaban J connectivity index is 2.42. The summed E-state index contributed by atoms with van der Waals surface area (Å²) in [5, 5.41) is 0. The molecule has 0 bridgehead atoms. The topological polar surface area (TPSA) is 3.88 Å². The van der Waals surface area contributed by atoms with Crippen LogP contribution in [0.3, 0.4) is 0 Å². The number of fused-ring (bicyclic) bond motifs is 1. The zero-order chi connectivity index (χ0) is 15.8. The van der Waals surface area contributed by atoms with Gasteiger partial charge in [-0.2, -0.15) is 0 Å². The number of hydrogen-bond donors (Lipinski definition) is 0. The van der Waals surface area contributed by atoms with E-state index < -0.39 is 18.7 Å². The molecular formula is C19H32NSSn+. The molecule has 22 heavy (non-hydrogen) atoms. The van der Waals surface area contributed by atoms with E-state index in [4.69, 9.17) is 0 Å². The van der Waals surface area contributed by atoms with Crippen LogP contribution in [0.25, 0.3) is 10.2 Å². The van der Waals surface area contributed by atoms with Crippen molar-refractivity contribution in [2.24, 2.45) is 0 Å². The van der Waals surface area contributed by atoms with Crippen LogP contribution in [0.2, 0.25) is 13.3 Å². The molecule has 0 aliphatic carbocycles. The van der Waals surface area contributed by atoms with E-state index in [1.165, 1.54) is 62.1 Å². The van der Waals surface area contributed by atoms with Gasteiger partial charge >= 0.3 is 145 Å². The Kier molecular flexibility index (Phi) is 7.69. The van der Waals surface area contributed by atoms with Gasteiger partial charge < -0.3 is 0 Å². The van der Waals surface area contributed by atoms with Gasteiger partial charge in [0.1, 0.15) is 0 Å². The summed E-state index contributed by atoms with van der Waals surface area (Å²) in [6.45, 7) is 7.06. The summed E-state index contributed by atoms with van der Waals surface area (Å²) in [6.07, 6.45) is 8.33. The first kappa shape index (κ1) is 18.3. The van der Waals surface area contributed by atoms with Gasteiger partial charge in [-0.15, -0.1) is 0 Å². The summed E-state index contributed by atoms with van der Waals surface area (Å²) in [7, 11) is 0. The van der Waals surface area contributed by atoms with Gasteiger partial charge in [-0.05, 0) is 0 Å². The van der Waals surface area contributed by atoms with Gasteiger partial charge in [-0.3, -0.25) is 0 Å². The maximum absolute atomic E-state index is 2.86. The number of para-hydroxylation sites is 1. The molecule has 0 atom stereocenters. The quantitative estimate of drug-likeness (QED) is 0.389. The van der Waals surface area contributed by atoms with E-state index in [2.05, 4.69) is 53.3 Å². The Morgan fingerprint density at radius 3 is 1.95 bits per heavy atom. The number of benzene rings is 1. The van der Waals surface area contributed by atoms with E-state index in [1.54, 1.807) is 0 Å². The molecule has 0 aliphatic heterocycles. The third kappa shape index (κ3) is 4.25. The fourth-order valence-corrected chi connectivity index (χ4v) is 22.0. The van der Waals surface area contributed by atoms with Crippen LogP contribution in [0.4, 0.5) is 0 Å². The molecule has 1 aromatic carbocycles. The van der Waals surface area contributed by atoms with Crippen LogP contribution in [-0.4, -0.2) is 18.7 Å². The second-order valence-electron chi connectivity index (χ2n) is 6.60. The summed E-state index contributed by atoms with van der Waals surface area (Å²) in [6, 6.07) is 9.07. The summed E-state index contributed by atoms with van der Waals surface area (Å²) >= 11 is -0.361. The Morgan fingerprint density at radius 2 is 1.41 bits per heavy atom. The summed E-state index contributed by atoms with van der Waals surface area (Å²) in [5.41, 5.74) is 4.02. The van der Waals surface area contributed by atoms with Crippen molar-refractivity contribution in [3.05, 3.63) is 29.8 Å². The fourth-order valence-electron chi connectivity index (χ4n) is 3.54. The van der Waals surface area contributed by atoms with Crippen LogP contribution >= 0.6 is 11.3 Å². The van der Waals surface area contributed by atoms with Gasteiger partial charge in [0.25, 0.3) is 0 Å². The molecule has 2 aromatic rings. The van der Waals surface area contributed by atoms with Crippen molar-refractivity contribution in [3.8, 4) is 0 Å². The van der Waals surface area contributed by atoms with Crippen LogP contribution in [0, 0.1) is 0 Å². The first-order chi connectivity index (χ1) is 10.8. The Labute approximate surface area is 145 Å². The molecule has 3 heteroatoms. The molecule has 0 saturated carbocycles. The average Bonchev–Trinajstić information content (AvgIpc) is 2.99. The van der Waals surface area contributed by atoms with Gasteiger partial charge in [0.15, 0.2) is 0 Å². The predicted molar refractivity (Wildman–Crippen MR) is 102 cm³/mol. The first-order valence-electron chi connectivity index (χ1n) is 9.15. The van der Waals surface area contributed by atoms with E-state index in [0.717, 1.165) is 0 Å². The number of rotatable bonds is 10. The number of unbranched alkanes of at least 4 members (excludes halogenated alkanes) is 3. The molecule has 0 aliphatic rings. The first-order valence-corrected chi connectivity index (χ1v) is 17.4. The van der Waals surface area contributed by atoms with E-state index in [0.29, 0.717) is 0 Å². The third-order valence-electron chi connectivity index (χ3n) is 4.91. The monoisotopic (exact) mass is 426 g/mol. The van der Waals surface area contributed by atoms with Crippen molar-refractivity contribution < 1.29 is 2.79 Å². The SMILES string of the molecule is CCC[CH2][Sn]([CH2]CCC)([CH2]CCC)[n+]1csc2ccccc21. The normalized spacial score (nSPS) is 12.1. The van der Waals surface area contributed by atoms with Crippen molar-refractivity contribution in [3.63, 3.8) is 0 Å². The summed E-state index contributed by atoms with van der Waals surface area (Å²) < 4.78 is 8.95. The van der Waals surface area contributed by atoms with Crippen LogP contribution < -0.4 is 2.79 Å². The molecule has 2 rings (SSSR count). The van der Waals surface area contributed by atoms with Gasteiger partial charge in [0.05, 0.1) is 0 Å². The molecule has 0 spiro atoms. The molecule has 0 N–H and O–H groups in total. The Morgan fingerprint density at radius 1 is 0.864 bits per heavy atom. The van der Waals surface area contributed by atoms with Crippen LogP contribution in [0.5, 0.6) is 0 Å². The molecule has 122 valence electrons. The van der Waals surface area contributed by atoms with Crippen molar-refractivity contribution in [2.75, 3.05) is 0 Å². The molecule has 1 heterocycles. The van der Waals surface area contributed by atoms with Gasteiger partial charge in [0, 0.05) is 0 Å². The minimum absolute atomic E-state index is 1.35. The molecule has 0 amide bonds. The molecule has 0 fully saturated rings. The summed E-state index contributed by atoms with van der Waals surface area (Å²) in [5.74, 6) is 0. The average molecular weight is 425 g/mol. The Hall–Kier alpha value is -0.0913. The molecule has 0 radical (unpaired) electrons. The predicted octanol–water partition coefficient (Wildman–Crippen LogP) is 6.38. The zero-order valence-electron chi connectivity index (χ0n) is 14.6. The minimum atomic E-state index is -2.32.